The first-order valence-corrected chi connectivity index (χ1v) is 9.71. The maximum Gasteiger partial charge on any atom is 0.264 e. The van der Waals surface area contributed by atoms with Gasteiger partial charge in [0, 0.05) is 23.4 Å². The summed E-state index contributed by atoms with van der Waals surface area (Å²) in [4.78, 5) is 15.9. The van der Waals surface area contributed by atoms with E-state index in [0.717, 1.165) is 0 Å². The lowest BCUT2D eigenvalue weighted by Crippen LogP contribution is -2.30. The van der Waals surface area contributed by atoms with Crippen LogP contribution in [0.15, 0.2) is 64.0 Å². The molecule has 1 amide bonds. The van der Waals surface area contributed by atoms with Gasteiger partial charge in [-0.1, -0.05) is 11.6 Å². The molecule has 0 aliphatic rings. The number of rotatable bonds is 6. The van der Waals surface area contributed by atoms with Gasteiger partial charge in [-0.2, -0.15) is 0 Å². The first-order chi connectivity index (χ1) is 12.8. The second kappa shape index (κ2) is 7.89. The van der Waals surface area contributed by atoms with Gasteiger partial charge in [-0.25, -0.2) is 22.5 Å². The van der Waals surface area contributed by atoms with Crippen molar-refractivity contribution < 1.29 is 22.0 Å². The molecule has 9 heteroatoms. The number of carbonyl (C=O) groups excluding carboxylic acids is 1. The van der Waals surface area contributed by atoms with Crippen molar-refractivity contribution in [3.8, 4) is 11.3 Å². The first kappa shape index (κ1) is 19.1. The lowest BCUT2D eigenvalue weighted by molar-refractivity contribution is -0.119. The summed E-state index contributed by atoms with van der Waals surface area (Å²) < 4.78 is 44.7. The first-order valence-electron chi connectivity index (χ1n) is 7.85. The average Bonchev–Trinajstić information content (AvgIpc) is 3.10. The Morgan fingerprint density at radius 3 is 2.44 bits per heavy atom. The maximum atomic E-state index is 12.9. The van der Waals surface area contributed by atoms with Crippen LogP contribution in [-0.4, -0.2) is 19.3 Å². The molecule has 0 saturated heterocycles. The van der Waals surface area contributed by atoms with E-state index in [4.69, 9.17) is 16.0 Å². The highest BCUT2D eigenvalue weighted by Crippen LogP contribution is 2.21. The Hall–Kier alpha value is -2.71. The Morgan fingerprint density at radius 1 is 1.11 bits per heavy atom. The Balaban J connectivity index is 1.59. The molecule has 0 fully saturated rings. The number of nitrogens with one attached hydrogen (secondary N) is 1. The van der Waals surface area contributed by atoms with Crippen LogP contribution < -0.4 is 4.72 Å². The van der Waals surface area contributed by atoms with Crippen LogP contribution in [0.3, 0.4) is 0 Å². The maximum absolute atomic E-state index is 12.9. The Kier molecular flexibility index (Phi) is 5.57. The van der Waals surface area contributed by atoms with Crippen LogP contribution >= 0.6 is 11.6 Å². The van der Waals surface area contributed by atoms with Gasteiger partial charge in [0.2, 0.25) is 5.91 Å². The van der Waals surface area contributed by atoms with Gasteiger partial charge in [0.05, 0.1) is 11.1 Å². The van der Waals surface area contributed by atoms with Gasteiger partial charge in [0.15, 0.2) is 11.7 Å². The molecule has 0 aliphatic carbocycles. The summed E-state index contributed by atoms with van der Waals surface area (Å²) in [5, 5.41) is 0.390. The van der Waals surface area contributed by atoms with E-state index >= 15 is 0 Å². The molecule has 6 nitrogen and oxygen atoms in total. The number of benzene rings is 2. The van der Waals surface area contributed by atoms with Crippen molar-refractivity contribution >= 4 is 27.5 Å². The Morgan fingerprint density at radius 2 is 1.78 bits per heavy atom. The normalized spacial score (nSPS) is 11.3. The van der Waals surface area contributed by atoms with Crippen molar-refractivity contribution in [3.63, 3.8) is 0 Å². The topological polar surface area (TPSA) is 89.3 Å². The average molecular weight is 409 g/mol. The summed E-state index contributed by atoms with van der Waals surface area (Å²) in [5.74, 6) is -0.351. The number of halogens is 2. The monoisotopic (exact) mass is 408 g/mol. The van der Waals surface area contributed by atoms with Gasteiger partial charge >= 0.3 is 0 Å². The van der Waals surface area contributed by atoms with Crippen molar-refractivity contribution in [3.05, 3.63) is 71.5 Å². The van der Waals surface area contributed by atoms with Gasteiger partial charge in [0.25, 0.3) is 10.0 Å². The van der Waals surface area contributed by atoms with E-state index in [1.165, 1.54) is 42.6 Å². The largest absolute Gasteiger partial charge is 0.441 e. The number of oxazole rings is 1. The molecule has 1 aromatic heterocycles. The van der Waals surface area contributed by atoms with Gasteiger partial charge < -0.3 is 4.42 Å². The standard InChI is InChI=1S/C18H14ClFN2O4S/c19-13-3-7-15(8-4-13)27(24,25)22-17(23)9-10-18-21-11-16(26-18)12-1-5-14(20)6-2-12/h1-8,11H,9-10H2,(H,22,23). The van der Waals surface area contributed by atoms with Crippen molar-refractivity contribution in [2.75, 3.05) is 0 Å². The number of sulfonamides is 1. The predicted molar refractivity (Wildman–Crippen MR) is 97.0 cm³/mol. The molecule has 2 aromatic carbocycles. The quantitative estimate of drug-likeness (QED) is 0.673. The third-order valence-corrected chi connectivity index (χ3v) is 5.26. The molecule has 1 N–H and O–H groups in total. The lowest BCUT2D eigenvalue weighted by atomic mass is 10.2. The third kappa shape index (κ3) is 4.93. The van der Waals surface area contributed by atoms with Crippen LogP contribution in [-0.2, 0) is 21.2 Å². The van der Waals surface area contributed by atoms with E-state index in [1.54, 1.807) is 12.1 Å². The molecular weight excluding hydrogens is 395 g/mol. The number of amides is 1. The Labute approximate surface area is 160 Å². The summed E-state index contributed by atoms with van der Waals surface area (Å²) in [6.45, 7) is 0. The fraction of sp³-hybridized carbons (Fsp3) is 0.111. The molecule has 27 heavy (non-hydrogen) atoms. The van der Waals surface area contributed by atoms with E-state index in [2.05, 4.69) is 4.98 Å². The molecule has 1 heterocycles. The molecule has 0 atom stereocenters. The van der Waals surface area contributed by atoms with E-state index in [9.17, 15) is 17.6 Å². The van der Waals surface area contributed by atoms with E-state index in [0.29, 0.717) is 16.3 Å². The molecule has 3 aromatic rings. The molecule has 140 valence electrons. The van der Waals surface area contributed by atoms with Crippen LogP contribution in [0, 0.1) is 5.82 Å². The number of carbonyl (C=O) groups is 1. The predicted octanol–water partition coefficient (Wildman–Crippen LogP) is 3.57. The van der Waals surface area contributed by atoms with Crippen LogP contribution in [0.25, 0.3) is 11.3 Å². The fourth-order valence-electron chi connectivity index (χ4n) is 2.27. The second-order valence-electron chi connectivity index (χ2n) is 5.61. The second-order valence-corrected chi connectivity index (χ2v) is 7.73. The zero-order valence-corrected chi connectivity index (χ0v) is 15.4. The smallest absolute Gasteiger partial charge is 0.264 e. The van der Waals surface area contributed by atoms with Crippen LogP contribution in [0.2, 0.25) is 5.02 Å². The van der Waals surface area contributed by atoms with E-state index in [1.807, 2.05) is 4.72 Å². The SMILES string of the molecule is O=C(CCc1ncc(-c2ccc(F)cc2)o1)NS(=O)(=O)c1ccc(Cl)cc1. The molecule has 0 aliphatic heterocycles. The van der Waals surface area contributed by atoms with Gasteiger partial charge in [-0.05, 0) is 48.5 Å². The molecule has 0 radical (unpaired) electrons. The molecule has 3 rings (SSSR count). The number of nitrogens with zero attached hydrogens (tertiary/aromatic N) is 1. The minimum atomic E-state index is -3.97. The van der Waals surface area contributed by atoms with Crippen LogP contribution in [0.4, 0.5) is 4.39 Å². The van der Waals surface area contributed by atoms with Crippen LogP contribution in [0.5, 0.6) is 0 Å². The van der Waals surface area contributed by atoms with Crippen molar-refractivity contribution in [2.45, 2.75) is 17.7 Å². The summed E-state index contributed by atoms with van der Waals surface area (Å²) in [5.41, 5.74) is 0.643. The summed E-state index contributed by atoms with van der Waals surface area (Å²) in [6, 6.07) is 11.1. The van der Waals surface area contributed by atoms with Crippen molar-refractivity contribution in [1.82, 2.24) is 9.71 Å². The third-order valence-electron chi connectivity index (χ3n) is 3.62. The summed E-state index contributed by atoms with van der Waals surface area (Å²) in [6.07, 6.45) is 1.45. The minimum absolute atomic E-state index is 0.0602. The fourth-order valence-corrected chi connectivity index (χ4v) is 3.41. The molecule has 0 spiro atoms. The highest BCUT2D eigenvalue weighted by Gasteiger charge is 2.18. The van der Waals surface area contributed by atoms with Gasteiger partial charge in [-0.3, -0.25) is 4.79 Å². The molecule has 0 unspecified atom stereocenters. The van der Waals surface area contributed by atoms with E-state index < -0.39 is 15.9 Å². The molecule has 0 saturated carbocycles. The highest BCUT2D eigenvalue weighted by atomic mass is 35.5. The summed E-state index contributed by atoms with van der Waals surface area (Å²) in [7, 11) is -3.97. The number of aryl methyl sites for hydroxylation is 1. The van der Waals surface area contributed by atoms with Gasteiger partial charge in [-0.15, -0.1) is 0 Å². The van der Waals surface area contributed by atoms with Crippen molar-refractivity contribution in [1.29, 1.82) is 0 Å². The Bertz CT molecular complexity index is 1050. The highest BCUT2D eigenvalue weighted by molar-refractivity contribution is 7.90. The number of hydrogen-bond donors (Lipinski definition) is 1. The van der Waals surface area contributed by atoms with E-state index in [-0.39, 0.29) is 29.4 Å². The van der Waals surface area contributed by atoms with Gasteiger partial charge in [0.1, 0.15) is 5.82 Å². The molecular formula is C18H14ClFN2O4S. The zero-order valence-electron chi connectivity index (χ0n) is 13.9. The summed E-state index contributed by atoms with van der Waals surface area (Å²) >= 11 is 5.72. The van der Waals surface area contributed by atoms with Crippen LogP contribution in [0.1, 0.15) is 12.3 Å². The number of aromatic nitrogens is 1. The zero-order chi connectivity index (χ0) is 19.4. The van der Waals surface area contributed by atoms with Crippen molar-refractivity contribution in [2.24, 2.45) is 0 Å². The molecule has 0 bridgehead atoms. The lowest BCUT2D eigenvalue weighted by Gasteiger charge is -2.06. The number of hydrogen-bond acceptors (Lipinski definition) is 5. The minimum Gasteiger partial charge on any atom is -0.441 e.